The topological polar surface area (TPSA) is 84.6 Å². The van der Waals surface area contributed by atoms with E-state index >= 15 is 0 Å². The van der Waals surface area contributed by atoms with E-state index in [2.05, 4.69) is 11.4 Å². The molecule has 1 N–H and O–H groups in total. The van der Waals surface area contributed by atoms with Crippen LogP contribution in [0.5, 0.6) is 0 Å². The van der Waals surface area contributed by atoms with E-state index in [4.69, 9.17) is 4.42 Å². The Bertz CT molecular complexity index is 1110. The highest BCUT2D eigenvalue weighted by Gasteiger charge is 2.36. The summed E-state index contributed by atoms with van der Waals surface area (Å²) in [6.45, 7) is 2.57. The lowest BCUT2D eigenvalue weighted by molar-refractivity contribution is -0.130. The molecular formula is C22H19N3O4. The Balaban J connectivity index is 1.61. The number of rotatable bonds is 5. The Kier molecular flexibility index (Phi) is 4.87. The number of nitrogens with one attached hydrogen (secondary N) is 1. The Labute approximate surface area is 167 Å². The maximum absolute atomic E-state index is 12.8. The molecule has 1 aromatic carbocycles. The summed E-state index contributed by atoms with van der Waals surface area (Å²) in [5.41, 5.74) is 2.86. The van der Waals surface area contributed by atoms with Gasteiger partial charge >= 0.3 is 6.03 Å². The van der Waals surface area contributed by atoms with Crippen LogP contribution in [0.4, 0.5) is 4.79 Å². The number of imide groups is 2. The van der Waals surface area contributed by atoms with Gasteiger partial charge in [0.15, 0.2) is 0 Å². The zero-order chi connectivity index (χ0) is 20.4. The van der Waals surface area contributed by atoms with E-state index in [1.807, 2.05) is 48.0 Å². The number of amides is 4. The number of urea groups is 1. The molecule has 1 saturated heterocycles. The summed E-state index contributed by atoms with van der Waals surface area (Å²) in [5, 5.41) is 2.22. The van der Waals surface area contributed by atoms with Gasteiger partial charge in [-0.3, -0.25) is 19.8 Å². The first-order chi connectivity index (χ1) is 14.0. The van der Waals surface area contributed by atoms with Crippen molar-refractivity contribution in [3.63, 3.8) is 0 Å². The molecule has 2 aromatic heterocycles. The van der Waals surface area contributed by atoms with Crippen LogP contribution in [0.3, 0.4) is 0 Å². The van der Waals surface area contributed by atoms with Gasteiger partial charge in [-0.15, -0.1) is 0 Å². The summed E-state index contributed by atoms with van der Waals surface area (Å²) in [6, 6.07) is 14.3. The highest BCUT2D eigenvalue weighted by Crippen LogP contribution is 2.18. The molecule has 0 spiro atoms. The summed E-state index contributed by atoms with van der Waals surface area (Å²) in [5.74, 6) is -0.914. The molecule has 1 aliphatic heterocycles. The number of nitrogens with zero attached hydrogens (tertiary/aromatic N) is 2. The van der Waals surface area contributed by atoms with Crippen molar-refractivity contribution < 1.29 is 18.8 Å². The molecule has 1 fully saturated rings. The van der Waals surface area contributed by atoms with Crippen molar-refractivity contribution in [1.82, 2.24) is 14.8 Å². The van der Waals surface area contributed by atoms with E-state index in [0.717, 1.165) is 16.0 Å². The molecule has 4 rings (SSSR count). The van der Waals surface area contributed by atoms with Gasteiger partial charge in [-0.25, -0.2) is 4.79 Å². The first-order valence-electron chi connectivity index (χ1n) is 9.13. The van der Waals surface area contributed by atoms with Gasteiger partial charge in [-0.2, -0.15) is 0 Å². The van der Waals surface area contributed by atoms with Crippen LogP contribution in [0.25, 0.3) is 6.08 Å². The lowest BCUT2D eigenvalue weighted by Gasteiger charge is -2.25. The van der Waals surface area contributed by atoms with Crippen LogP contribution in [0.2, 0.25) is 0 Å². The number of hydrogen-bond donors (Lipinski definition) is 1. The molecule has 4 amide bonds. The van der Waals surface area contributed by atoms with Crippen LogP contribution in [-0.2, 0) is 22.7 Å². The first kappa shape index (κ1) is 18.5. The molecule has 0 radical (unpaired) electrons. The van der Waals surface area contributed by atoms with Crippen molar-refractivity contribution in [2.24, 2.45) is 0 Å². The minimum Gasteiger partial charge on any atom is -0.467 e. The maximum atomic E-state index is 12.8. The third-order valence-corrected chi connectivity index (χ3v) is 4.67. The third kappa shape index (κ3) is 3.89. The van der Waals surface area contributed by atoms with Crippen molar-refractivity contribution in [3.8, 4) is 0 Å². The van der Waals surface area contributed by atoms with Crippen molar-refractivity contribution in [1.29, 1.82) is 0 Å². The zero-order valence-corrected chi connectivity index (χ0v) is 15.8. The number of benzene rings is 1. The molecule has 0 aliphatic carbocycles. The van der Waals surface area contributed by atoms with Crippen LogP contribution < -0.4 is 5.32 Å². The standard InChI is InChI=1S/C22H19N3O4/c1-15-5-2-6-16(11-15)13-24-9-3-7-17(24)12-19-20(26)23-22(28)25(21(19)27)14-18-8-4-10-29-18/h2-12H,13-14H2,1H3,(H,23,26,28)/b19-12-. The Morgan fingerprint density at radius 1 is 1.03 bits per heavy atom. The SMILES string of the molecule is Cc1cccc(Cn2cccc2/C=C2/C(=O)NC(=O)N(Cc3ccco3)C2=O)c1. The van der Waals surface area contributed by atoms with E-state index in [-0.39, 0.29) is 12.1 Å². The molecule has 146 valence electrons. The van der Waals surface area contributed by atoms with Gasteiger partial charge in [0.25, 0.3) is 11.8 Å². The summed E-state index contributed by atoms with van der Waals surface area (Å²) in [4.78, 5) is 38.2. The van der Waals surface area contributed by atoms with Crippen molar-refractivity contribution >= 4 is 23.9 Å². The zero-order valence-electron chi connectivity index (χ0n) is 15.8. The second kappa shape index (κ2) is 7.63. The Hall–Kier alpha value is -3.87. The largest absolute Gasteiger partial charge is 0.467 e. The predicted octanol–water partition coefficient (Wildman–Crippen LogP) is 3.10. The molecule has 3 aromatic rings. The minimum atomic E-state index is -0.760. The fourth-order valence-corrected chi connectivity index (χ4v) is 3.25. The van der Waals surface area contributed by atoms with Gasteiger partial charge < -0.3 is 8.98 Å². The molecule has 29 heavy (non-hydrogen) atoms. The summed E-state index contributed by atoms with van der Waals surface area (Å²) in [7, 11) is 0. The number of barbiturate groups is 1. The quantitative estimate of drug-likeness (QED) is 0.537. The second-order valence-electron chi connectivity index (χ2n) is 6.84. The lowest BCUT2D eigenvalue weighted by Crippen LogP contribution is -2.53. The molecule has 1 aliphatic rings. The molecule has 0 unspecified atom stereocenters. The molecule has 0 bridgehead atoms. The van der Waals surface area contributed by atoms with Crippen molar-refractivity contribution in [3.05, 3.63) is 89.1 Å². The Morgan fingerprint density at radius 2 is 1.90 bits per heavy atom. The second-order valence-corrected chi connectivity index (χ2v) is 6.84. The Morgan fingerprint density at radius 3 is 2.66 bits per heavy atom. The minimum absolute atomic E-state index is 0.0490. The van der Waals surface area contributed by atoms with Gasteiger partial charge in [0.05, 0.1) is 12.8 Å². The van der Waals surface area contributed by atoms with Crippen LogP contribution >= 0.6 is 0 Å². The number of aryl methyl sites for hydroxylation is 1. The van der Waals surface area contributed by atoms with E-state index < -0.39 is 17.8 Å². The average Bonchev–Trinajstić information content (AvgIpc) is 3.34. The monoisotopic (exact) mass is 389 g/mol. The fourth-order valence-electron chi connectivity index (χ4n) is 3.25. The molecule has 7 nitrogen and oxygen atoms in total. The van der Waals surface area contributed by atoms with Gasteiger partial charge in [0.2, 0.25) is 0 Å². The van der Waals surface area contributed by atoms with Gasteiger partial charge in [-0.05, 0) is 42.8 Å². The van der Waals surface area contributed by atoms with Crippen LogP contribution in [0, 0.1) is 6.92 Å². The predicted molar refractivity (Wildman–Crippen MR) is 105 cm³/mol. The number of aromatic nitrogens is 1. The van der Waals surface area contributed by atoms with E-state index in [1.54, 1.807) is 12.1 Å². The molecule has 7 heteroatoms. The summed E-state index contributed by atoms with van der Waals surface area (Å²) in [6.07, 6.45) is 4.85. The van der Waals surface area contributed by atoms with E-state index in [0.29, 0.717) is 18.0 Å². The highest BCUT2D eigenvalue weighted by molar-refractivity contribution is 6.30. The molecule has 0 atom stereocenters. The molecule has 3 heterocycles. The number of carbonyl (C=O) groups excluding carboxylic acids is 3. The average molecular weight is 389 g/mol. The van der Waals surface area contributed by atoms with Crippen molar-refractivity contribution in [2.45, 2.75) is 20.0 Å². The van der Waals surface area contributed by atoms with Gasteiger partial charge in [-0.1, -0.05) is 29.8 Å². The van der Waals surface area contributed by atoms with Gasteiger partial charge in [0.1, 0.15) is 11.3 Å². The number of carbonyl (C=O) groups is 3. The van der Waals surface area contributed by atoms with Crippen LogP contribution in [0.1, 0.15) is 22.6 Å². The maximum Gasteiger partial charge on any atom is 0.331 e. The van der Waals surface area contributed by atoms with E-state index in [1.165, 1.54) is 12.3 Å². The first-order valence-corrected chi connectivity index (χ1v) is 9.13. The molecular weight excluding hydrogens is 370 g/mol. The lowest BCUT2D eigenvalue weighted by atomic mass is 10.1. The normalized spacial score (nSPS) is 15.8. The number of hydrogen-bond acceptors (Lipinski definition) is 4. The fraction of sp³-hybridized carbons (Fsp3) is 0.136. The van der Waals surface area contributed by atoms with Crippen LogP contribution in [-0.4, -0.2) is 27.3 Å². The van der Waals surface area contributed by atoms with E-state index in [9.17, 15) is 14.4 Å². The molecule has 0 saturated carbocycles. The summed E-state index contributed by atoms with van der Waals surface area (Å²) >= 11 is 0. The highest BCUT2D eigenvalue weighted by atomic mass is 16.3. The number of furan rings is 1. The van der Waals surface area contributed by atoms with Crippen LogP contribution in [0.15, 0.2) is 71.0 Å². The third-order valence-electron chi connectivity index (χ3n) is 4.67. The smallest absolute Gasteiger partial charge is 0.331 e. The van der Waals surface area contributed by atoms with Crippen molar-refractivity contribution in [2.75, 3.05) is 0 Å². The van der Waals surface area contributed by atoms with Gasteiger partial charge in [0, 0.05) is 18.4 Å². The summed E-state index contributed by atoms with van der Waals surface area (Å²) < 4.78 is 7.15.